The van der Waals surface area contributed by atoms with E-state index in [9.17, 15) is 10.1 Å². The summed E-state index contributed by atoms with van der Waals surface area (Å²) in [5, 5.41) is 10.9. The maximum atomic E-state index is 10.9. The molecule has 1 fully saturated rings. The van der Waals surface area contributed by atoms with Crippen molar-refractivity contribution < 1.29 is 4.92 Å². The molecule has 5 heteroatoms. The third kappa shape index (κ3) is 3.88. The molecule has 0 N–H and O–H groups in total. The zero-order chi connectivity index (χ0) is 15.4. The van der Waals surface area contributed by atoms with E-state index in [0.29, 0.717) is 17.8 Å². The van der Waals surface area contributed by atoms with Crippen LogP contribution in [-0.4, -0.2) is 17.5 Å². The van der Waals surface area contributed by atoms with Gasteiger partial charge in [0.1, 0.15) is 0 Å². The van der Waals surface area contributed by atoms with Crippen molar-refractivity contribution in [1.82, 2.24) is 0 Å². The van der Waals surface area contributed by atoms with Gasteiger partial charge >= 0.3 is 0 Å². The van der Waals surface area contributed by atoms with Crippen LogP contribution < -0.4 is 4.90 Å². The van der Waals surface area contributed by atoms with Gasteiger partial charge in [0.25, 0.3) is 5.69 Å². The summed E-state index contributed by atoms with van der Waals surface area (Å²) in [6.07, 6.45) is 4.93. The fourth-order valence-corrected chi connectivity index (χ4v) is 3.34. The van der Waals surface area contributed by atoms with Crippen molar-refractivity contribution in [2.45, 2.75) is 51.5 Å². The maximum Gasteiger partial charge on any atom is 0.269 e. The lowest BCUT2D eigenvalue weighted by molar-refractivity contribution is -0.384. The van der Waals surface area contributed by atoms with Crippen LogP contribution in [0.5, 0.6) is 0 Å². The SMILES string of the molecule is CC(C)CN(c1ccc([N+](=O)[O-])cc1CCl)C1CCCC1. The van der Waals surface area contributed by atoms with Crippen molar-refractivity contribution in [3.05, 3.63) is 33.9 Å². The Bertz CT molecular complexity index is 499. The van der Waals surface area contributed by atoms with Gasteiger partial charge in [-0.3, -0.25) is 10.1 Å². The first kappa shape index (κ1) is 16.1. The number of hydrogen-bond donors (Lipinski definition) is 0. The van der Waals surface area contributed by atoms with Crippen molar-refractivity contribution >= 4 is 23.0 Å². The summed E-state index contributed by atoms with van der Waals surface area (Å²) < 4.78 is 0. The van der Waals surface area contributed by atoms with Crippen LogP contribution in [0.25, 0.3) is 0 Å². The quantitative estimate of drug-likeness (QED) is 0.433. The van der Waals surface area contributed by atoms with Crippen LogP contribution in [0.3, 0.4) is 0 Å². The van der Waals surface area contributed by atoms with Crippen LogP contribution >= 0.6 is 11.6 Å². The minimum Gasteiger partial charge on any atom is -0.368 e. The largest absolute Gasteiger partial charge is 0.368 e. The van der Waals surface area contributed by atoms with Crippen LogP contribution in [-0.2, 0) is 5.88 Å². The van der Waals surface area contributed by atoms with Gasteiger partial charge in [0, 0.05) is 36.3 Å². The second kappa shape index (κ2) is 7.12. The second-order valence-corrected chi connectivity index (χ2v) is 6.46. The molecule has 4 nitrogen and oxygen atoms in total. The number of hydrogen-bond acceptors (Lipinski definition) is 3. The minimum absolute atomic E-state index is 0.116. The monoisotopic (exact) mass is 310 g/mol. The number of anilines is 1. The molecular formula is C16H23ClN2O2. The van der Waals surface area contributed by atoms with Gasteiger partial charge in [-0.25, -0.2) is 0 Å². The van der Waals surface area contributed by atoms with E-state index in [2.05, 4.69) is 18.7 Å². The average molecular weight is 311 g/mol. The molecule has 0 aromatic heterocycles. The molecular weight excluding hydrogens is 288 g/mol. The first-order valence-electron chi connectivity index (χ1n) is 7.63. The molecule has 0 unspecified atom stereocenters. The topological polar surface area (TPSA) is 46.4 Å². The molecule has 1 saturated carbocycles. The van der Waals surface area contributed by atoms with E-state index >= 15 is 0 Å². The molecule has 1 aliphatic carbocycles. The zero-order valence-corrected chi connectivity index (χ0v) is 13.5. The van der Waals surface area contributed by atoms with Crippen molar-refractivity contribution in [3.8, 4) is 0 Å². The number of non-ortho nitro benzene ring substituents is 1. The van der Waals surface area contributed by atoms with Gasteiger partial charge in [-0.2, -0.15) is 0 Å². The summed E-state index contributed by atoms with van der Waals surface area (Å²) in [5.41, 5.74) is 2.04. The van der Waals surface area contributed by atoms with Crippen molar-refractivity contribution in [3.63, 3.8) is 0 Å². The van der Waals surface area contributed by atoms with Crippen molar-refractivity contribution in [1.29, 1.82) is 0 Å². The molecule has 0 spiro atoms. The molecule has 0 amide bonds. The highest BCUT2D eigenvalue weighted by atomic mass is 35.5. The molecule has 0 saturated heterocycles. The Balaban J connectivity index is 2.35. The van der Waals surface area contributed by atoms with E-state index in [1.165, 1.54) is 25.7 Å². The summed E-state index contributed by atoms with van der Waals surface area (Å²) >= 11 is 6.05. The summed E-state index contributed by atoms with van der Waals surface area (Å²) in [6, 6.07) is 5.62. The lowest BCUT2D eigenvalue weighted by Gasteiger charge is -2.34. The predicted octanol–water partition coefficient (Wildman–Crippen LogP) is 4.74. The molecule has 1 aromatic rings. The third-order valence-electron chi connectivity index (χ3n) is 4.05. The number of nitro benzene ring substituents is 1. The standard InChI is InChI=1S/C16H23ClN2O2/c1-12(2)11-18(14-5-3-4-6-14)16-8-7-15(19(20)21)9-13(16)10-17/h7-9,12,14H,3-6,10-11H2,1-2H3. The highest BCUT2D eigenvalue weighted by Crippen LogP contribution is 2.33. The molecule has 1 aromatic carbocycles. The molecule has 0 bridgehead atoms. The van der Waals surface area contributed by atoms with Gasteiger partial charge in [0.05, 0.1) is 4.92 Å². The Morgan fingerprint density at radius 3 is 2.57 bits per heavy atom. The number of benzene rings is 1. The highest BCUT2D eigenvalue weighted by Gasteiger charge is 2.25. The van der Waals surface area contributed by atoms with E-state index in [1.807, 2.05) is 6.07 Å². The summed E-state index contributed by atoms with van der Waals surface area (Å²) in [4.78, 5) is 13.0. The molecule has 0 atom stereocenters. The number of nitrogens with zero attached hydrogens (tertiary/aromatic N) is 2. The van der Waals surface area contributed by atoms with Crippen LogP contribution in [0.4, 0.5) is 11.4 Å². The molecule has 1 aliphatic rings. The predicted molar refractivity (Wildman–Crippen MR) is 87.1 cm³/mol. The Kier molecular flexibility index (Phi) is 5.45. The average Bonchev–Trinajstić information content (AvgIpc) is 2.97. The first-order valence-corrected chi connectivity index (χ1v) is 8.16. The molecule has 2 rings (SSSR count). The number of halogens is 1. The second-order valence-electron chi connectivity index (χ2n) is 6.19. The first-order chi connectivity index (χ1) is 10.0. The fraction of sp³-hybridized carbons (Fsp3) is 0.625. The van der Waals surface area contributed by atoms with E-state index in [-0.39, 0.29) is 10.6 Å². The molecule has 21 heavy (non-hydrogen) atoms. The van der Waals surface area contributed by atoms with Crippen LogP contribution in [0.1, 0.15) is 45.1 Å². The van der Waals surface area contributed by atoms with E-state index in [1.54, 1.807) is 12.1 Å². The number of rotatable bonds is 6. The lowest BCUT2D eigenvalue weighted by Crippen LogP contribution is -2.36. The van der Waals surface area contributed by atoms with Crippen molar-refractivity contribution in [2.24, 2.45) is 5.92 Å². The summed E-state index contributed by atoms with van der Waals surface area (Å²) in [7, 11) is 0. The summed E-state index contributed by atoms with van der Waals surface area (Å²) in [6.45, 7) is 5.37. The molecule has 0 aliphatic heterocycles. The Labute approximate surface area is 131 Å². The Hall–Kier alpha value is -1.29. The fourth-order valence-electron chi connectivity index (χ4n) is 3.13. The van der Waals surface area contributed by atoms with Gasteiger partial charge in [-0.15, -0.1) is 11.6 Å². The van der Waals surface area contributed by atoms with Crippen LogP contribution in [0, 0.1) is 16.0 Å². The van der Waals surface area contributed by atoms with Crippen molar-refractivity contribution in [2.75, 3.05) is 11.4 Å². The Morgan fingerprint density at radius 1 is 1.38 bits per heavy atom. The van der Waals surface area contributed by atoms with Gasteiger partial charge < -0.3 is 4.90 Å². The van der Waals surface area contributed by atoms with E-state index in [0.717, 1.165) is 17.8 Å². The smallest absolute Gasteiger partial charge is 0.269 e. The lowest BCUT2D eigenvalue weighted by atomic mass is 10.1. The number of alkyl halides is 1. The number of nitro groups is 1. The summed E-state index contributed by atoms with van der Waals surface area (Å²) in [5.74, 6) is 0.849. The molecule has 116 valence electrons. The zero-order valence-electron chi connectivity index (χ0n) is 12.7. The van der Waals surface area contributed by atoms with Gasteiger partial charge in [-0.1, -0.05) is 26.7 Å². The van der Waals surface area contributed by atoms with Gasteiger partial charge in [0.2, 0.25) is 0 Å². The highest BCUT2D eigenvalue weighted by molar-refractivity contribution is 6.17. The van der Waals surface area contributed by atoms with Gasteiger partial charge in [-0.05, 0) is 30.4 Å². The minimum atomic E-state index is -0.359. The molecule has 0 radical (unpaired) electrons. The Morgan fingerprint density at radius 2 is 2.05 bits per heavy atom. The normalized spacial score (nSPS) is 15.6. The van der Waals surface area contributed by atoms with Crippen LogP contribution in [0.2, 0.25) is 0 Å². The molecule has 0 heterocycles. The third-order valence-corrected chi connectivity index (χ3v) is 4.34. The van der Waals surface area contributed by atoms with Gasteiger partial charge in [0.15, 0.2) is 0 Å². The van der Waals surface area contributed by atoms with Crippen LogP contribution in [0.15, 0.2) is 18.2 Å². The van der Waals surface area contributed by atoms with E-state index in [4.69, 9.17) is 11.6 Å². The maximum absolute atomic E-state index is 10.9. The van der Waals surface area contributed by atoms with E-state index < -0.39 is 0 Å².